The van der Waals surface area contributed by atoms with Gasteiger partial charge in [0.05, 0.1) is 0 Å². The molecule has 0 N–H and O–H groups in total. The van der Waals surface area contributed by atoms with Crippen LogP contribution in [0, 0.1) is 0 Å². The van der Waals surface area contributed by atoms with E-state index < -0.39 is 0 Å². The molecule has 0 aliphatic heterocycles. The van der Waals surface area contributed by atoms with Crippen molar-refractivity contribution in [1.29, 1.82) is 0 Å². The first-order valence-electron chi connectivity index (χ1n) is 0. The molecule has 0 bridgehead atoms. The summed E-state index contributed by atoms with van der Waals surface area (Å²) in [6.07, 6.45) is 0. The van der Waals surface area contributed by atoms with Gasteiger partial charge in [-0.25, -0.2) is 0 Å². The van der Waals surface area contributed by atoms with Gasteiger partial charge in [-0.3, -0.25) is 0 Å². The van der Waals surface area contributed by atoms with E-state index >= 15 is 0 Å². The Kier molecular flexibility index (Phi) is 168. The van der Waals surface area contributed by atoms with Gasteiger partial charge in [0.15, 0.2) is 0 Å². The SMILES string of the molecule is [Al+3].[As-3].[Ga].[P]. The van der Waals surface area contributed by atoms with E-state index in [1.165, 1.54) is 0 Å². The van der Waals surface area contributed by atoms with Gasteiger partial charge in [0, 0.05) is 29.7 Å². The molecule has 0 aliphatic rings. The van der Waals surface area contributed by atoms with Gasteiger partial charge < -0.3 is 18.0 Å². The second-order valence-electron chi connectivity index (χ2n) is 0. The molecular formula is AlAsGaP. The molecule has 0 spiro atoms. The van der Waals surface area contributed by atoms with Crippen molar-refractivity contribution in [1.82, 2.24) is 0 Å². The zero-order valence-corrected chi connectivity index (χ0v) is 8.40. The Morgan fingerprint density at radius 1 is 1.00 bits per heavy atom. The van der Waals surface area contributed by atoms with E-state index in [1.807, 2.05) is 0 Å². The van der Waals surface area contributed by atoms with Gasteiger partial charge in [-0.05, 0) is 0 Å². The van der Waals surface area contributed by atoms with Crippen LogP contribution in [0.4, 0.5) is 0 Å². The first-order valence-corrected chi connectivity index (χ1v) is 0. The fraction of sp³-hybridized carbons (Fsp3) is 0. The third-order valence-electron chi connectivity index (χ3n) is 0. The Hall–Kier alpha value is 2.16. The molecule has 0 nitrogen and oxygen atoms in total. The fourth-order valence-corrected chi connectivity index (χ4v) is 0. The molecule has 0 amide bonds. The molecule has 0 aliphatic carbocycles. The summed E-state index contributed by atoms with van der Waals surface area (Å²) >= 11 is 0. The minimum Gasteiger partial charge on any atom is -3.00 e. The van der Waals surface area contributed by atoms with Crippen LogP contribution in [0.3, 0.4) is 0 Å². The summed E-state index contributed by atoms with van der Waals surface area (Å²) < 4.78 is 0. The molecule has 0 atom stereocenters. The molecule has 0 aromatic heterocycles. The van der Waals surface area contributed by atoms with Crippen molar-refractivity contribution in [3.8, 4) is 0 Å². The Morgan fingerprint density at radius 2 is 1.00 bits per heavy atom. The summed E-state index contributed by atoms with van der Waals surface area (Å²) in [6, 6.07) is 0. The normalized spacial score (nSPS) is 0. The summed E-state index contributed by atoms with van der Waals surface area (Å²) in [6.45, 7) is 0. The van der Waals surface area contributed by atoms with Crippen molar-refractivity contribution in [2.45, 2.75) is 0 Å². The van der Waals surface area contributed by atoms with Gasteiger partial charge in [0.2, 0.25) is 0 Å². The molecule has 0 saturated heterocycles. The number of rotatable bonds is 0. The van der Waals surface area contributed by atoms with E-state index in [9.17, 15) is 0 Å². The average molecular weight is 203 g/mol. The van der Waals surface area contributed by atoms with E-state index in [1.54, 1.807) is 0 Å². The van der Waals surface area contributed by atoms with Crippen molar-refractivity contribution < 1.29 is 0 Å². The Balaban J connectivity index is 0. The Labute approximate surface area is 64.6 Å². The van der Waals surface area contributed by atoms with Gasteiger partial charge in [-0.15, -0.1) is 0 Å². The van der Waals surface area contributed by atoms with Crippen LogP contribution in [0.5, 0.6) is 0 Å². The predicted octanol–water partition coefficient (Wildman–Crippen LogP) is -0.281. The standard InChI is InChI=1S/Al.As.Ga.P/q+3;-3;;. The van der Waals surface area contributed by atoms with Crippen LogP contribution in [-0.2, 0) is 0 Å². The summed E-state index contributed by atoms with van der Waals surface area (Å²) in [7, 11) is 0. The molecular weight excluding hydrogens is 203 g/mol. The molecule has 0 rings (SSSR count). The second kappa shape index (κ2) is 19.2. The number of hydrogen-bond donors (Lipinski definition) is 0. The summed E-state index contributed by atoms with van der Waals surface area (Å²) in [5, 5.41) is 0. The minimum atomic E-state index is 0. The van der Waals surface area contributed by atoms with E-state index in [4.69, 9.17) is 0 Å². The maximum Gasteiger partial charge on any atom is 3.00 e. The topological polar surface area (TPSA) is 0 Å². The van der Waals surface area contributed by atoms with Crippen LogP contribution >= 0.6 is 9.90 Å². The molecule has 0 fully saturated rings. The van der Waals surface area contributed by atoms with Crippen molar-refractivity contribution in [3.63, 3.8) is 0 Å². The van der Waals surface area contributed by atoms with Crippen LogP contribution in [0.15, 0.2) is 0 Å². The first-order chi connectivity index (χ1) is 0. The second-order valence-corrected chi connectivity index (χ2v) is 0. The summed E-state index contributed by atoms with van der Waals surface area (Å²) in [5.41, 5.74) is 0. The smallest absolute Gasteiger partial charge is 3.00 e. The van der Waals surface area contributed by atoms with E-state index in [-0.39, 0.29) is 65.0 Å². The molecule has 0 unspecified atom stereocenters. The van der Waals surface area contributed by atoms with Crippen LogP contribution in [0.2, 0.25) is 0 Å². The largest absolute Gasteiger partial charge is 3.00 e. The molecule has 0 heterocycles. The molecule has 0 saturated carbocycles. The van der Waals surface area contributed by atoms with Crippen molar-refractivity contribution in [2.75, 3.05) is 0 Å². The minimum absolute atomic E-state index is 0. The van der Waals surface area contributed by atoms with Gasteiger partial charge >= 0.3 is 17.4 Å². The number of hydrogen-bond acceptors (Lipinski definition) is 0. The van der Waals surface area contributed by atoms with Gasteiger partial charge in [0.1, 0.15) is 0 Å². The average Bonchev–Trinajstić information content (AvgIpc) is 0. The van der Waals surface area contributed by atoms with Gasteiger partial charge in [0.25, 0.3) is 0 Å². The zero-order valence-electron chi connectivity index (χ0n) is 2.05. The van der Waals surface area contributed by atoms with Crippen LogP contribution < -0.4 is 0 Å². The van der Waals surface area contributed by atoms with Crippen molar-refractivity contribution in [2.24, 2.45) is 0 Å². The third kappa shape index (κ3) is 8.90. The third-order valence-corrected chi connectivity index (χ3v) is 0. The molecule has 6 radical (unpaired) electrons. The van der Waals surface area contributed by atoms with E-state index in [2.05, 4.69) is 0 Å². The molecule has 4 heteroatoms. The summed E-state index contributed by atoms with van der Waals surface area (Å²) in [5.74, 6) is 0. The molecule has 16 valence electrons. The fourth-order valence-electron chi connectivity index (χ4n) is 0. The van der Waals surface area contributed by atoms with Gasteiger partial charge in [-0.1, -0.05) is 0 Å². The van der Waals surface area contributed by atoms with Crippen LogP contribution in [0.25, 0.3) is 0 Å². The van der Waals surface area contributed by atoms with Crippen LogP contribution in [-0.4, -0.2) is 55.1 Å². The Bertz CT molecular complexity index is 8.00. The van der Waals surface area contributed by atoms with Crippen molar-refractivity contribution in [3.05, 3.63) is 0 Å². The van der Waals surface area contributed by atoms with Crippen molar-refractivity contribution >= 4 is 65.0 Å². The maximum atomic E-state index is 0. The molecule has 0 aromatic carbocycles. The monoisotopic (exact) mass is 202 g/mol. The first kappa shape index (κ1) is 35.2. The Morgan fingerprint density at radius 3 is 1.00 bits per heavy atom. The zero-order chi connectivity index (χ0) is 0. The van der Waals surface area contributed by atoms with Crippen LogP contribution in [0.1, 0.15) is 0 Å². The maximum absolute atomic E-state index is 0. The molecule has 4 heavy (non-hydrogen) atoms. The predicted molar refractivity (Wildman–Crippen MR) is 24.2 cm³/mol. The molecule has 0 aromatic rings. The van der Waals surface area contributed by atoms with E-state index in [0.717, 1.165) is 0 Å². The summed E-state index contributed by atoms with van der Waals surface area (Å²) in [4.78, 5) is 0. The van der Waals surface area contributed by atoms with E-state index in [0.29, 0.717) is 0 Å². The quantitative estimate of drug-likeness (QED) is 0.375. The van der Waals surface area contributed by atoms with Gasteiger partial charge in [-0.2, -0.15) is 0 Å².